The quantitative estimate of drug-likeness (QED) is 0.834. The van der Waals surface area contributed by atoms with Gasteiger partial charge in [-0.05, 0) is 25.5 Å². The molecule has 22 heavy (non-hydrogen) atoms. The lowest BCUT2D eigenvalue weighted by Gasteiger charge is -2.29. The van der Waals surface area contributed by atoms with Crippen LogP contribution in [0.2, 0.25) is 0 Å². The molecule has 0 aliphatic carbocycles. The highest BCUT2D eigenvalue weighted by Crippen LogP contribution is 2.13. The first-order chi connectivity index (χ1) is 10.6. The molecule has 1 saturated heterocycles. The van der Waals surface area contributed by atoms with E-state index in [0.29, 0.717) is 0 Å². The predicted molar refractivity (Wildman–Crippen MR) is 88.0 cm³/mol. The van der Waals surface area contributed by atoms with E-state index in [4.69, 9.17) is 4.74 Å². The van der Waals surface area contributed by atoms with Gasteiger partial charge < -0.3 is 15.0 Å². The molecule has 1 aromatic rings. The molecule has 0 bridgehead atoms. The number of hydrogen-bond acceptors (Lipinski definition) is 2. The van der Waals surface area contributed by atoms with Crippen molar-refractivity contribution >= 4 is 5.91 Å². The maximum atomic E-state index is 12.2. The van der Waals surface area contributed by atoms with Gasteiger partial charge in [-0.15, -0.1) is 0 Å². The van der Waals surface area contributed by atoms with E-state index < -0.39 is 0 Å². The van der Waals surface area contributed by atoms with Gasteiger partial charge >= 0.3 is 0 Å². The SMILES string of the molecule is CC[C@H](C)NC(=O)C1CC[NH+](Cc2cccc(OC)c2)CC1. The third kappa shape index (κ3) is 4.73. The van der Waals surface area contributed by atoms with E-state index in [1.54, 1.807) is 12.0 Å². The monoisotopic (exact) mass is 305 g/mol. The van der Waals surface area contributed by atoms with Crippen LogP contribution in [0, 0.1) is 5.92 Å². The Labute approximate surface area is 133 Å². The molecule has 4 nitrogen and oxygen atoms in total. The van der Waals surface area contributed by atoms with Gasteiger partial charge in [0.15, 0.2) is 0 Å². The second kappa shape index (κ2) is 8.18. The van der Waals surface area contributed by atoms with Gasteiger partial charge in [0.2, 0.25) is 5.91 Å². The molecule has 1 aliphatic rings. The number of methoxy groups -OCH3 is 1. The molecule has 0 unspecified atom stereocenters. The summed E-state index contributed by atoms with van der Waals surface area (Å²) in [6.45, 7) is 7.31. The van der Waals surface area contributed by atoms with Crippen molar-refractivity contribution < 1.29 is 14.4 Å². The van der Waals surface area contributed by atoms with Gasteiger partial charge in [-0.2, -0.15) is 0 Å². The third-order valence-corrected chi connectivity index (χ3v) is 4.65. The van der Waals surface area contributed by atoms with E-state index in [1.807, 2.05) is 12.1 Å². The first-order valence-corrected chi connectivity index (χ1v) is 8.39. The van der Waals surface area contributed by atoms with Crippen LogP contribution in [0.3, 0.4) is 0 Å². The van der Waals surface area contributed by atoms with Crippen molar-refractivity contribution in [2.75, 3.05) is 20.2 Å². The molecule has 122 valence electrons. The number of hydrogen-bond donors (Lipinski definition) is 2. The standard InChI is InChI=1S/C18H28N2O2/c1-4-14(2)19-18(21)16-8-10-20(11-9-16)13-15-6-5-7-17(12-15)22-3/h5-7,12,14,16H,4,8-11,13H2,1-3H3,(H,19,21)/p+1/t14-/m0/s1. The Morgan fingerprint density at radius 1 is 1.41 bits per heavy atom. The first-order valence-electron chi connectivity index (χ1n) is 8.39. The van der Waals surface area contributed by atoms with Gasteiger partial charge in [0.05, 0.1) is 20.2 Å². The van der Waals surface area contributed by atoms with Crippen LogP contribution in [-0.2, 0) is 11.3 Å². The second-order valence-corrected chi connectivity index (χ2v) is 6.37. The fourth-order valence-electron chi connectivity index (χ4n) is 3.00. The summed E-state index contributed by atoms with van der Waals surface area (Å²) in [5, 5.41) is 3.11. The smallest absolute Gasteiger partial charge is 0.223 e. The topological polar surface area (TPSA) is 42.8 Å². The fourth-order valence-corrected chi connectivity index (χ4v) is 3.00. The largest absolute Gasteiger partial charge is 0.497 e. The highest BCUT2D eigenvalue weighted by Gasteiger charge is 2.27. The average Bonchev–Trinajstić information content (AvgIpc) is 2.55. The molecule has 1 aliphatic heterocycles. The minimum atomic E-state index is 0.197. The number of ether oxygens (including phenoxy) is 1. The maximum Gasteiger partial charge on any atom is 0.223 e. The fraction of sp³-hybridized carbons (Fsp3) is 0.611. The van der Waals surface area contributed by atoms with Crippen LogP contribution in [0.5, 0.6) is 5.75 Å². The Bertz CT molecular complexity index is 482. The van der Waals surface area contributed by atoms with Crippen molar-refractivity contribution in [1.29, 1.82) is 0 Å². The molecule has 2 N–H and O–H groups in total. The van der Waals surface area contributed by atoms with Crippen molar-refractivity contribution in [2.24, 2.45) is 5.92 Å². The van der Waals surface area contributed by atoms with Crippen molar-refractivity contribution in [1.82, 2.24) is 5.32 Å². The Kier molecular flexibility index (Phi) is 6.25. The number of nitrogens with one attached hydrogen (secondary N) is 2. The lowest BCUT2D eigenvalue weighted by molar-refractivity contribution is -0.919. The lowest BCUT2D eigenvalue weighted by Crippen LogP contribution is -3.11. The summed E-state index contributed by atoms with van der Waals surface area (Å²) < 4.78 is 5.28. The van der Waals surface area contributed by atoms with Gasteiger partial charge in [-0.3, -0.25) is 4.79 Å². The van der Waals surface area contributed by atoms with Crippen LogP contribution in [-0.4, -0.2) is 32.1 Å². The summed E-state index contributed by atoms with van der Waals surface area (Å²) in [5.74, 6) is 1.36. The molecule has 1 heterocycles. The highest BCUT2D eigenvalue weighted by molar-refractivity contribution is 5.78. The van der Waals surface area contributed by atoms with E-state index in [9.17, 15) is 4.79 Å². The van der Waals surface area contributed by atoms with Gasteiger partial charge in [0.1, 0.15) is 12.3 Å². The van der Waals surface area contributed by atoms with Crippen molar-refractivity contribution in [2.45, 2.75) is 45.7 Å². The number of amides is 1. The van der Waals surface area contributed by atoms with Crippen LogP contribution in [0.25, 0.3) is 0 Å². The number of carbonyl (C=O) groups excluding carboxylic acids is 1. The molecular formula is C18H29N2O2+. The molecular weight excluding hydrogens is 276 g/mol. The summed E-state index contributed by atoms with van der Waals surface area (Å²) >= 11 is 0. The minimum Gasteiger partial charge on any atom is -0.497 e. The zero-order chi connectivity index (χ0) is 15.9. The molecule has 4 heteroatoms. The molecule has 1 fully saturated rings. The van der Waals surface area contributed by atoms with Gasteiger partial charge in [0, 0.05) is 30.4 Å². The summed E-state index contributed by atoms with van der Waals surface area (Å²) in [4.78, 5) is 13.7. The van der Waals surface area contributed by atoms with E-state index in [0.717, 1.165) is 44.6 Å². The predicted octanol–water partition coefficient (Wildman–Crippen LogP) is 1.40. The van der Waals surface area contributed by atoms with E-state index in [1.165, 1.54) is 5.56 Å². The summed E-state index contributed by atoms with van der Waals surface area (Å²) in [5.41, 5.74) is 1.30. The molecule has 1 atom stereocenters. The summed E-state index contributed by atoms with van der Waals surface area (Å²) in [6.07, 6.45) is 2.97. The number of benzene rings is 1. The van der Waals surface area contributed by atoms with Gasteiger partial charge in [0.25, 0.3) is 0 Å². The van der Waals surface area contributed by atoms with Crippen LogP contribution in [0.15, 0.2) is 24.3 Å². The molecule has 0 spiro atoms. The van der Waals surface area contributed by atoms with Gasteiger partial charge in [-0.25, -0.2) is 0 Å². The van der Waals surface area contributed by atoms with E-state index in [-0.39, 0.29) is 17.9 Å². The van der Waals surface area contributed by atoms with Crippen LogP contribution in [0.4, 0.5) is 0 Å². The second-order valence-electron chi connectivity index (χ2n) is 6.37. The number of carbonyl (C=O) groups is 1. The van der Waals surface area contributed by atoms with Crippen molar-refractivity contribution in [3.05, 3.63) is 29.8 Å². The zero-order valence-electron chi connectivity index (χ0n) is 14.0. The number of piperidine rings is 1. The highest BCUT2D eigenvalue weighted by atomic mass is 16.5. The van der Waals surface area contributed by atoms with Crippen molar-refractivity contribution in [3.63, 3.8) is 0 Å². The zero-order valence-corrected chi connectivity index (χ0v) is 14.0. The van der Waals surface area contributed by atoms with Crippen LogP contribution < -0.4 is 15.0 Å². The van der Waals surface area contributed by atoms with E-state index >= 15 is 0 Å². The van der Waals surface area contributed by atoms with E-state index in [2.05, 4.69) is 31.3 Å². The minimum absolute atomic E-state index is 0.197. The maximum absolute atomic E-state index is 12.2. The Balaban J connectivity index is 1.80. The third-order valence-electron chi connectivity index (χ3n) is 4.65. The molecule has 1 amide bonds. The molecule has 0 saturated carbocycles. The number of rotatable bonds is 6. The Hall–Kier alpha value is -1.55. The van der Waals surface area contributed by atoms with Gasteiger partial charge in [-0.1, -0.05) is 19.1 Å². The van der Waals surface area contributed by atoms with Crippen LogP contribution in [0.1, 0.15) is 38.7 Å². The van der Waals surface area contributed by atoms with Crippen LogP contribution >= 0.6 is 0 Å². The lowest BCUT2D eigenvalue weighted by atomic mass is 9.95. The molecule has 0 radical (unpaired) electrons. The summed E-state index contributed by atoms with van der Waals surface area (Å²) in [6, 6.07) is 8.56. The molecule has 1 aromatic carbocycles. The normalized spacial score (nSPS) is 22.9. The molecule has 0 aromatic heterocycles. The first kappa shape index (κ1) is 16.8. The number of quaternary nitrogens is 1. The Morgan fingerprint density at radius 2 is 2.14 bits per heavy atom. The van der Waals surface area contributed by atoms with Crippen molar-refractivity contribution in [3.8, 4) is 5.75 Å². The summed E-state index contributed by atoms with van der Waals surface area (Å²) in [7, 11) is 1.70. The average molecular weight is 305 g/mol. The number of likely N-dealkylation sites (tertiary alicyclic amines) is 1. The Morgan fingerprint density at radius 3 is 2.77 bits per heavy atom. The molecule has 2 rings (SSSR count).